The molecule has 3 nitrogen and oxygen atoms in total. The molecular formula is C13H19F3N2O. The average molecular weight is 276 g/mol. The minimum Gasteiger partial charge on any atom is -0.491 e. The number of alkyl halides is 3. The number of nitrogens with zero attached hydrogens (tertiary/aromatic N) is 2. The van der Waals surface area contributed by atoms with Gasteiger partial charge in [0.25, 0.3) is 0 Å². The molecule has 0 aliphatic carbocycles. The van der Waals surface area contributed by atoms with Crippen LogP contribution < -0.4 is 4.74 Å². The Labute approximate surface area is 111 Å². The Hall–Kier alpha value is -1.30. The maximum atomic E-state index is 13.1. The first-order valence-corrected chi connectivity index (χ1v) is 6.07. The van der Waals surface area contributed by atoms with Gasteiger partial charge in [0.15, 0.2) is 0 Å². The molecule has 19 heavy (non-hydrogen) atoms. The summed E-state index contributed by atoms with van der Waals surface area (Å²) in [6.07, 6.45) is -3.10. The Morgan fingerprint density at radius 2 is 1.95 bits per heavy atom. The van der Waals surface area contributed by atoms with Crippen molar-refractivity contribution in [2.75, 3.05) is 27.2 Å². The van der Waals surface area contributed by atoms with Gasteiger partial charge >= 0.3 is 6.18 Å². The predicted octanol–water partition coefficient (Wildman–Crippen LogP) is 3.16. The molecule has 1 aromatic heterocycles. The van der Waals surface area contributed by atoms with Crippen molar-refractivity contribution in [3.05, 3.63) is 23.5 Å². The van der Waals surface area contributed by atoms with Crippen molar-refractivity contribution < 1.29 is 17.9 Å². The molecule has 0 fully saturated rings. The van der Waals surface area contributed by atoms with Crippen LogP contribution in [0.1, 0.15) is 31.0 Å². The molecule has 1 aromatic rings. The van der Waals surface area contributed by atoms with Crippen LogP contribution in [0.15, 0.2) is 12.3 Å². The summed E-state index contributed by atoms with van der Waals surface area (Å²) in [6.45, 7) is 4.12. The van der Waals surface area contributed by atoms with Gasteiger partial charge < -0.3 is 9.64 Å². The molecule has 1 rings (SSSR count). The average Bonchev–Trinajstić information content (AvgIpc) is 2.26. The lowest BCUT2D eigenvalue weighted by Crippen LogP contribution is -2.21. The molecule has 0 bridgehead atoms. The fraction of sp³-hybridized carbons (Fsp3) is 0.615. The van der Waals surface area contributed by atoms with E-state index in [4.69, 9.17) is 4.74 Å². The monoisotopic (exact) mass is 276 g/mol. The van der Waals surface area contributed by atoms with Crippen LogP contribution in [0.4, 0.5) is 13.2 Å². The Kier molecular flexibility index (Phi) is 5.17. The summed E-state index contributed by atoms with van der Waals surface area (Å²) in [4.78, 5) is 5.68. The third kappa shape index (κ3) is 4.38. The van der Waals surface area contributed by atoms with E-state index in [1.807, 2.05) is 19.0 Å². The number of hydrogen-bond donors (Lipinski definition) is 0. The van der Waals surface area contributed by atoms with Crippen molar-refractivity contribution in [3.63, 3.8) is 0 Å². The van der Waals surface area contributed by atoms with Crippen LogP contribution in [0.25, 0.3) is 0 Å². The fourth-order valence-corrected chi connectivity index (χ4v) is 1.64. The lowest BCUT2D eigenvalue weighted by Gasteiger charge is -2.19. The van der Waals surface area contributed by atoms with Gasteiger partial charge in [-0.05, 0) is 26.1 Å². The number of hydrogen-bond acceptors (Lipinski definition) is 3. The molecular weight excluding hydrogens is 257 g/mol. The molecule has 0 aliphatic heterocycles. The highest BCUT2D eigenvalue weighted by atomic mass is 19.4. The third-order valence-corrected chi connectivity index (χ3v) is 2.57. The van der Waals surface area contributed by atoms with Crippen LogP contribution in [0.2, 0.25) is 0 Å². The van der Waals surface area contributed by atoms with Gasteiger partial charge in [-0.3, -0.25) is 4.98 Å². The summed E-state index contributed by atoms with van der Waals surface area (Å²) in [6, 6.07) is 1.27. The van der Waals surface area contributed by atoms with Gasteiger partial charge in [0.05, 0.1) is 5.69 Å². The largest absolute Gasteiger partial charge is 0.491 e. The van der Waals surface area contributed by atoms with Crippen LogP contribution in [0, 0.1) is 0 Å². The number of aromatic nitrogens is 1. The minimum absolute atomic E-state index is 0.0230. The number of halogens is 3. The summed E-state index contributed by atoms with van der Waals surface area (Å²) >= 11 is 0. The summed E-state index contributed by atoms with van der Waals surface area (Å²) in [5.74, 6) is -0.456. The molecule has 108 valence electrons. The van der Waals surface area contributed by atoms with E-state index >= 15 is 0 Å². The molecule has 0 unspecified atom stereocenters. The maximum Gasteiger partial charge on any atom is 0.421 e. The smallest absolute Gasteiger partial charge is 0.421 e. The molecule has 0 amide bonds. The zero-order chi connectivity index (χ0) is 14.6. The second-order valence-corrected chi connectivity index (χ2v) is 4.87. The molecule has 1 heterocycles. The van der Waals surface area contributed by atoms with Gasteiger partial charge in [-0.1, -0.05) is 13.8 Å². The van der Waals surface area contributed by atoms with Gasteiger partial charge in [0, 0.05) is 12.7 Å². The van der Waals surface area contributed by atoms with Crippen LogP contribution in [-0.2, 0) is 6.18 Å². The van der Waals surface area contributed by atoms with Crippen LogP contribution in [-0.4, -0.2) is 37.1 Å². The highest BCUT2D eigenvalue weighted by molar-refractivity contribution is 5.39. The predicted molar refractivity (Wildman–Crippen MR) is 67.4 cm³/mol. The zero-order valence-corrected chi connectivity index (χ0v) is 11.6. The second kappa shape index (κ2) is 6.23. The SMILES string of the molecule is CC(C)c1nccc(OCCN(C)C)c1C(F)(F)F. The van der Waals surface area contributed by atoms with Crippen molar-refractivity contribution >= 4 is 0 Å². The second-order valence-electron chi connectivity index (χ2n) is 4.87. The fourth-order valence-electron chi connectivity index (χ4n) is 1.64. The normalized spacial score (nSPS) is 12.3. The maximum absolute atomic E-state index is 13.1. The standard InChI is InChI=1S/C13H19F3N2O/c1-9(2)12-11(13(14,15)16)10(5-6-17-12)19-8-7-18(3)4/h5-6,9H,7-8H2,1-4H3. The molecule has 0 atom stereocenters. The Balaban J connectivity index is 3.06. The summed E-state index contributed by atoms with van der Waals surface area (Å²) in [5.41, 5.74) is -0.737. The van der Waals surface area contributed by atoms with Crippen LogP contribution >= 0.6 is 0 Å². The van der Waals surface area contributed by atoms with Crippen molar-refractivity contribution in [2.24, 2.45) is 0 Å². The van der Waals surface area contributed by atoms with Crippen molar-refractivity contribution in [3.8, 4) is 5.75 Å². The Morgan fingerprint density at radius 3 is 2.42 bits per heavy atom. The van der Waals surface area contributed by atoms with Gasteiger partial charge in [-0.2, -0.15) is 13.2 Å². The molecule has 6 heteroatoms. The molecule has 0 saturated heterocycles. The van der Waals surface area contributed by atoms with E-state index in [0.717, 1.165) is 0 Å². The molecule has 0 aromatic carbocycles. The quantitative estimate of drug-likeness (QED) is 0.826. The molecule has 0 saturated carbocycles. The Morgan fingerprint density at radius 1 is 1.32 bits per heavy atom. The highest BCUT2D eigenvalue weighted by Gasteiger charge is 2.38. The number of likely N-dealkylation sites (N-methyl/N-ethyl adjacent to an activating group) is 1. The third-order valence-electron chi connectivity index (χ3n) is 2.57. The van der Waals surface area contributed by atoms with Crippen molar-refractivity contribution in [1.29, 1.82) is 0 Å². The van der Waals surface area contributed by atoms with Crippen LogP contribution in [0.5, 0.6) is 5.75 Å². The first-order valence-electron chi connectivity index (χ1n) is 6.07. The van der Waals surface area contributed by atoms with E-state index < -0.39 is 11.7 Å². The van der Waals surface area contributed by atoms with Crippen LogP contribution in [0.3, 0.4) is 0 Å². The van der Waals surface area contributed by atoms with Gasteiger partial charge in [-0.15, -0.1) is 0 Å². The first kappa shape index (κ1) is 15.8. The van der Waals surface area contributed by atoms with E-state index in [1.165, 1.54) is 12.3 Å². The molecule has 0 spiro atoms. The van der Waals surface area contributed by atoms with Crippen molar-refractivity contribution in [2.45, 2.75) is 25.9 Å². The van der Waals surface area contributed by atoms with E-state index in [0.29, 0.717) is 6.54 Å². The topological polar surface area (TPSA) is 25.4 Å². The van der Waals surface area contributed by atoms with Crippen molar-refractivity contribution in [1.82, 2.24) is 9.88 Å². The summed E-state index contributed by atoms with van der Waals surface area (Å²) in [5, 5.41) is 0. The van der Waals surface area contributed by atoms with E-state index in [2.05, 4.69) is 4.98 Å². The molecule has 0 N–H and O–H groups in total. The number of pyridine rings is 1. The molecule has 0 radical (unpaired) electrons. The Bertz CT molecular complexity index is 417. The highest BCUT2D eigenvalue weighted by Crippen LogP contribution is 2.40. The number of ether oxygens (including phenoxy) is 1. The van der Waals surface area contributed by atoms with Gasteiger partial charge in [-0.25, -0.2) is 0 Å². The number of rotatable bonds is 5. The summed E-state index contributed by atoms with van der Waals surface area (Å²) in [7, 11) is 3.67. The van der Waals surface area contributed by atoms with E-state index in [1.54, 1.807) is 13.8 Å². The zero-order valence-electron chi connectivity index (χ0n) is 11.6. The lowest BCUT2D eigenvalue weighted by atomic mass is 10.0. The lowest BCUT2D eigenvalue weighted by molar-refractivity contribution is -0.140. The first-order chi connectivity index (χ1) is 8.73. The van der Waals surface area contributed by atoms with E-state index in [-0.39, 0.29) is 24.0 Å². The van der Waals surface area contributed by atoms with Gasteiger partial charge in [0.1, 0.15) is 17.9 Å². The summed E-state index contributed by atoms with van der Waals surface area (Å²) < 4.78 is 44.6. The van der Waals surface area contributed by atoms with E-state index in [9.17, 15) is 13.2 Å². The molecule has 0 aliphatic rings. The minimum atomic E-state index is -4.46. The van der Waals surface area contributed by atoms with Gasteiger partial charge in [0.2, 0.25) is 0 Å².